The maximum absolute atomic E-state index is 15.0. The van der Waals surface area contributed by atoms with Gasteiger partial charge in [0.2, 0.25) is 5.43 Å². The van der Waals surface area contributed by atoms with Crippen molar-refractivity contribution in [2.45, 2.75) is 22.2 Å². The van der Waals surface area contributed by atoms with Gasteiger partial charge in [-0.05, 0) is 23.1 Å². The van der Waals surface area contributed by atoms with Gasteiger partial charge in [-0.1, -0.05) is 6.07 Å². The summed E-state index contributed by atoms with van der Waals surface area (Å²) in [4.78, 5) is 27.0. The zero-order chi connectivity index (χ0) is 22.9. The fraction of sp³-hybridized carbons (Fsp3) is 0.273. The minimum atomic E-state index is -0.920. The van der Waals surface area contributed by atoms with Crippen molar-refractivity contribution in [3.8, 4) is 5.75 Å². The third-order valence-electron chi connectivity index (χ3n) is 6.27. The minimum Gasteiger partial charge on any atom is -0.502 e. The number of rotatable bonds is 1. The largest absolute Gasteiger partial charge is 0.502 e. The van der Waals surface area contributed by atoms with Gasteiger partial charge in [0.15, 0.2) is 23.1 Å². The molecule has 0 unspecified atom stereocenters. The molecule has 7 nitrogen and oxygen atoms in total. The van der Waals surface area contributed by atoms with Crippen LogP contribution in [0.2, 0.25) is 0 Å². The number of thiophene rings is 1. The highest BCUT2D eigenvalue weighted by molar-refractivity contribution is 8.00. The van der Waals surface area contributed by atoms with Crippen molar-refractivity contribution < 1.29 is 23.4 Å². The molecule has 3 aliphatic rings. The molecule has 33 heavy (non-hydrogen) atoms. The van der Waals surface area contributed by atoms with Gasteiger partial charge in [-0.15, -0.1) is 23.1 Å². The van der Waals surface area contributed by atoms with Gasteiger partial charge in [-0.3, -0.25) is 19.3 Å². The predicted molar refractivity (Wildman–Crippen MR) is 118 cm³/mol. The van der Waals surface area contributed by atoms with E-state index in [1.54, 1.807) is 11.0 Å². The van der Waals surface area contributed by atoms with E-state index in [1.807, 2.05) is 16.5 Å². The lowest BCUT2D eigenvalue weighted by Gasteiger charge is -2.51. The number of amides is 1. The van der Waals surface area contributed by atoms with Crippen LogP contribution in [-0.4, -0.2) is 46.5 Å². The SMILES string of the molecule is O=C1c2c(O)c(=O)ccn2N([C@H]2c3ccsc3SCc3c2ccc(F)c3F)[C@@H]2COCCN12. The van der Waals surface area contributed by atoms with Crippen molar-refractivity contribution in [1.29, 1.82) is 0 Å². The molecule has 2 atom stereocenters. The van der Waals surface area contributed by atoms with E-state index in [0.29, 0.717) is 12.2 Å². The second-order valence-electron chi connectivity index (χ2n) is 7.94. The Bertz CT molecular complexity index is 1360. The Hall–Kier alpha value is -2.89. The van der Waals surface area contributed by atoms with E-state index in [9.17, 15) is 23.5 Å². The summed E-state index contributed by atoms with van der Waals surface area (Å²) in [6, 6.07) is 5.18. The number of carbonyl (C=O) groups excluding carboxylic acids is 1. The molecule has 3 aliphatic heterocycles. The van der Waals surface area contributed by atoms with Crippen LogP contribution in [0.4, 0.5) is 8.78 Å². The molecule has 1 fully saturated rings. The standard InChI is InChI=1S/C22H17F2N3O4S2/c23-14-2-1-11-13(17(14)24)10-33-22-12(4-8-32-22)18(11)27-16-9-31-7-6-25(16)21(30)19-20(29)15(28)3-5-26(19)27/h1-5,8,16,18,29H,6-7,9-10H2/t16-,18-/m1/s1. The number of hydrogen-bond donors (Lipinski definition) is 1. The van der Waals surface area contributed by atoms with E-state index in [0.717, 1.165) is 15.8 Å². The second kappa shape index (κ2) is 7.57. The molecule has 1 saturated heterocycles. The summed E-state index contributed by atoms with van der Waals surface area (Å²) < 4.78 is 37.2. The molecule has 1 aromatic carbocycles. The molecule has 0 aliphatic carbocycles. The molecule has 170 valence electrons. The Morgan fingerprint density at radius 3 is 2.82 bits per heavy atom. The topological polar surface area (TPSA) is 75.0 Å². The van der Waals surface area contributed by atoms with E-state index >= 15 is 0 Å². The Morgan fingerprint density at radius 2 is 1.97 bits per heavy atom. The average molecular weight is 490 g/mol. The summed E-state index contributed by atoms with van der Waals surface area (Å²) >= 11 is 2.93. The quantitative estimate of drug-likeness (QED) is 0.567. The van der Waals surface area contributed by atoms with Crippen LogP contribution in [-0.2, 0) is 10.5 Å². The van der Waals surface area contributed by atoms with Gasteiger partial charge >= 0.3 is 0 Å². The second-order valence-corrected chi connectivity index (χ2v) is 10.1. The first-order valence-electron chi connectivity index (χ1n) is 10.3. The average Bonchev–Trinajstić information content (AvgIpc) is 3.22. The van der Waals surface area contributed by atoms with E-state index in [4.69, 9.17) is 4.74 Å². The number of halogens is 2. The van der Waals surface area contributed by atoms with Crippen LogP contribution in [0.15, 0.2) is 44.8 Å². The summed E-state index contributed by atoms with van der Waals surface area (Å²) in [5.74, 6) is -2.68. The molecule has 6 rings (SSSR count). The van der Waals surface area contributed by atoms with Crippen molar-refractivity contribution in [2.24, 2.45) is 0 Å². The van der Waals surface area contributed by atoms with Gasteiger partial charge in [0, 0.05) is 35.7 Å². The molecule has 2 aromatic heterocycles. The lowest BCUT2D eigenvalue weighted by Crippen LogP contribution is -2.66. The number of nitrogens with zero attached hydrogens (tertiary/aromatic N) is 3. The van der Waals surface area contributed by atoms with Gasteiger partial charge in [0.1, 0.15) is 12.2 Å². The molecular weight excluding hydrogens is 472 g/mol. The number of morpholine rings is 1. The highest BCUT2D eigenvalue weighted by Crippen LogP contribution is 2.47. The monoisotopic (exact) mass is 489 g/mol. The van der Waals surface area contributed by atoms with Gasteiger partial charge in [-0.25, -0.2) is 8.78 Å². The molecule has 0 radical (unpaired) electrons. The normalized spacial score (nSPS) is 21.7. The number of pyridine rings is 1. The van der Waals surface area contributed by atoms with E-state index < -0.39 is 40.9 Å². The molecule has 5 heterocycles. The number of aromatic hydroxyl groups is 1. The summed E-state index contributed by atoms with van der Waals surface area (Å²) in [6.07, 6.45) is 0.854. The summed E-state index contributed by atoms with van der Waals surface area (Å²) in [5.41, 5.74) is 0.864. The number of thioether (sulfide) groups is 1. The Balaban J connectivity index is 1.66. The zero-order valence-corrected chi connectivity index (χ0v) is 18.7. The van der Waals surface area contributed by atoms with Crippen LogP contribution in [0.1, 0.15) is 33.2 Å². The van der Waals surface area contributed by atoms with Crippen LogP contribution in [0, 0.1) is 11.6 Å². The van der Waals surface area contributed by atoms with Gasteiger partial charge in [0.25, 0.3) is 5.91 Å². The number of aromatic nitrogens is 1. The molecule has 0 bridgehead atoms. The lowest BCUT2D eigenvalue weighted by atomic mass is 9.94. The summed E-state index contributed by atoms with van der Waals surface area (Å²) in [7, 11) is 0. The van der Waals surface area contributed by atoms with Crippen LogP contribution in [0.25, 0.3) is 0 Å². The summed E-state index contributed by atoms with van der Waals surface area (Å²) in [5, 5.41) is 14.3. The molecule has 11 heteroatoms. The smallest absolute Gasteiger partial charge is 0.278 e. The van der Waals surface area contributed by atoms with Crippen LogP contribution >= 0.6 is 23.1 Å². The highest BCUT2D eigenvalue weighted by atomic mass is 32.2. The van der Waals surface area contributed by atoms with Crippen molar-refractivity contribution in [3.63, 3.8) is 0 Å². The van der Waals surface area contributed by atoms with Gasteiger partial charge < -0.3 is 14.7 Å². The van der Waals surface area contributed by atoms with E-state index in [1.165, 1.54) is 40.0 Å². The van der Waals surface area contributed by atoms with Crippen molar-refractivity contribution in [3.05, 3.63) is 80.1 Å². The highest BCUT2D eigenvalue weighted by Gasteiger charge is 2.46. The third-order valence-corrected chi connectivity index (χ3v) is 8.56. The zero-order valence-electron chi connectivity index (χ0n) is 17.0. The van der Waals surface area contributed by atoms with Crippen molar-refractivity contribution in [1.82, 2.24) is 9.58 Å². The van der Waals surface area contributed by atoms with Crippen LogP contribution < -0.4 is 10.4 Å². The molecule has 0 spiro atoms. The van der Waals surface area contributed by atoms with Crippen LogP contribution in [0.5, 0.6) is 5.75 Å². The molecule has 1 N–H and O–H groups in total. The predicted octanol–water partition coefficient (Wildman–Crippen LogP) is 3.04. The first-order valence-corrected chi connectivity index (χ1v) is 12.1. The molecule has 0 saturated carbocycles. The molecule has 3 aromatic rings. The first-order chi connectivity index (χ1) is 16.0. The minimum absolute atomic E-state index is 0.154. The van der Waals surface area contributed by atoms with Gasteiger partial charge in [0.05, 0.1) is 17.4 Å². The molecule has 1 amide bonds. The number of hydrogen-bond acceptors (Lipinski definition) is 7. The maximum atomic E-state index is 15.0. The Labute approximate surface area is 194 Å². The number of carbonyl (C=O) groups is 1. The fourth-order valence-corrected chi connectivity index (χ4v) is 6.94. The number of benzene rings is 1. The van der Waals surface area contributed by atoms with Crippen molar-refractivity contribution >= 4 is 29.0 Å². The maximum Gasteiger partial charge on any atom is 0.278 e. The third kappa shape index (κ3) is 2.95. The van der Waals surface area contributed by atoms with E-state index in [2.05, 4.69) is 0 Å². The molecular formula is C22H17F2N3O4S2. The van der Waals surface area contributed by atoms with Crippen LogP contribution in [0.3, 0.4) is 0 Å². The Kier molecular flexibility index (Phi) is 4.75. The first kappa shape index (κ1) is 20.7. The fourth-order valence-electron chi connectivity index (χ4n) is 4.76. The Morgan fingerprint density at radius 1 is 1.12 bits per heavy atom. The lowest BCUT2D eigenvalue weighted by molar-refractivity contribution is -0.0197. The van der Waals surface area contributed by atoms with E-state index in [-0.39, 0.29) is 30.2 Å². The van der Waals surface area contributed by atoms with Crippen molar-refractivity contribution in [2.75, 3.05) is 24.8 Å². The van der Waals surface area contributed by atoms with Gasteiger partial charge in [-0.2, -0.15) is 0 Å². The number of ether oxygens (including phenoxy) is 1. The summed E-state index contributed by atoms with van der Waals surface area (Å²) in [6.45, 7) is 0.764. The number of fused-ring (bicyclic) bond motifs is 4.